The average Bonchev–Trinajstić information content (AvgIpc) is 2.62. The van der Waals surface area contributed by atoms with Crippen LogP contribution in [0.2, 0.25) is 0 Å². The van der Waals surface area contributed by atoms with Gasteiger partial charge in [-0.25, -0.2) is 9.78 Å². The van der Waals surface area contributed by atoms with Crippen LogP contribution in [0.1, 0.15) is 23.8 Å². The van der Waals surface area contributed by atoms with Crippen molar-refractivity contribution in [2.45, 2.75) is 19.4 Å². The minimum Gasteiger partial charge on any atom is -0.476 e. The van der Waals surface area contributed by atoms with Gasteiger partial charge in [-0.15, -0.1) is 11.3 Å². The Kier molecular flexibility index (Phi) is 3.84. The summed E-state index contributed by atoms with van der Waals surface area (Å²) in [5, 5.41) is 22.5. The van der Waals surface area contributed by atoms with E-state index in [-0.39, 0.29) is 18.3 Å². The fourth-order valence-electron chi connectivity index (χ4n) is 0.890. The van der Waals surface area contributed by atoms with Crippen molar-refractivity contribution in [3.05, 3.63) is 11.1 Å². The van der Waals surface area contributed by atoms with E-state index in [1.807, 2.05) is 6.92 Å². The number of anilines is 1. The third-order valence-electron chi connectivity index (χ3n) is 1.76. The van der Waals surface area contributed by atoms with Crippen LogP contribution in [-0.4, -0.2) is 33.8 Å². The summed E-state index contributed by atoms with van der Waals surface area (Å²) >= 11 is 1.22. The van der Waals surface area contributed by atoms with Crippen LogP contribution >= 0.6 is 11.3 Å². The highest BCUT2D eigenvalue weighted by Gasteiger charge is 2.10. The van der Waals surface area contributed by atoms with E-state index in [1.165, 1.54) is 16.7 Å². The van der Waals surface area contributed by atoms with Gasteiger partial charge in [0.05, 0.1) is 12.6 Å². The van der Waals surface area contributed by atoms with Crippen LogP contribution in [0.3, 0.4) is 0 Å². The molecule has 0 fully saturated rings. The Labute approximate surface area is 85.4 Å². The number of thiazole rings is 1. The first-order chi connectivity index (χ1) is 6.67. The van der Waals surface area contributed by atoms with E-state index in [4.69, 9.17) is 10.2 Å². The van der Waals surface area contributed by atoms with E-state index in [0.717, 1.165) is 6.42 Å². The van der Waals surface area contributed by atoms with Crippen LogP contribution in [-0.2, 0) is 0 Å². The molecule has 1 unspecified atom stereocenters. The Hall–Kier alpha value is -1.14. The summed E-state index contributed by atoms with van der Waals surface area (Å²) in [7, 11) is 0. The quantitative estimate of drug-likeness (QED) is 0.684. The van der Waals surface area contributed by atoms with Crippen molar-refractivity contribution in [2.24, 2.45) is 0 Å². The van der Waals surface area contributed by atoms with Gasteiger partial charge in [0.25, 0.3) is 0 Å². The van der Waals surface area contributed by atoms with Gasteiger partial charge < -0.3 is 15.5 Å². The zero-order valence-corrected chi connectivity index (χ0v) is 8.54. The van der Waals surface area contributed by atoms with Gasteiger partial charge in [-0.3, -0.25) is 0 Å². The predicted octanol–water partition coefficient (Wildman–Crippen LogP) is 1.02. The van der Waals surface area contributed by atoms with E-state index in [1.54, 1.807) is 0 Å². The Balaban J connectivity index is 2.63. The molecule has 0 amide bonds. The number of nitrogens with one attached hydrogen (secondary N) is 1. The summed E-state index contributed by atoms with van der Waals surface area (Å²) in [5.41, 5.74) is 0.0327. The van der Waals surface area contributed by atoms with Gasteiger partial charge in [-0.1, -0.05) is 6.92 Å². The molecule has 1 rings (SSSR count). The van der Waals surface area contributed by atoms with Crippen molar-refractivity contribution in [3.63, 3.8) is 0 Å². The molecule has 3 N–H and O–H groups in total. The zero-order valence-electron chi connectivity index (χ0n) is 7.73. The highest BCUT2D eigenvalue weighted by molar-refractivity contribution is 7.13. The molecule has 6 heteroatoms. The first kappa shape index (κ1) is 10.9. The van der Waals surface area contributed by atoms with Gasteiger partial charge in [0, 0.05) is 5.38 Å². The van der Waals surface area contributed by atoms with Crippen molar-refractivity contribution in [2.75, 3.05) is 11.9 Å². The lowest BCUT2D eigenvalue weighted by Gasteiger charge is -2.11. The molecule has 14 heavy (non-hydrogen) atoms. The number of aromatic carboxylic acids is 1. The van der Waals surface area contributed by atoms with Crippen molar-refractivity contribution in [1.82, 2.24) is 4.98 Å². The molecule has 0 spiro atoms. The second-order valence-electron chi connectivity index (χ2n) is 2.78. The molecule has 5 nitrogen and oxygen atoms in total. The Morgan fingerprint density at radius 3 is 2.93 bits per heavy atom. The number of aromatic nitrogens is 1. The van der Waals surface area contributed by atoms with Gasteiger partial charge in [0.2, 0.25) is 0 Å². The number of hydrogen-bond donors (Lipinski definition) is 3. The standard InChI is InChI=1S/C8H12N2O3S/c1-2-5(3-11)9-8-10-6(4-14-8)7(12)13/h4-5,11H,2-3H2,1H3,(H,9,10)(H,12,13). The van der Waals surface area contributed by atoms with E-state index >= 15 is 0 Å². The summed E-state index contributed by atoms with van der Waals surface area (Å²) in [6.07, 6.45) is 0.762. The van der Waals surface area contributed by atoms with E-state index in [0.29, 0.717) is 5.13 Å². The lowest BCUT2D eigenvalue weighted by Crippen LogP contribution is -2.22. The van der Waals surface area contributed by atoms with Gasteiger partial charge in [-0.05, 0) is 6.42 Å². The number of carbonyl (C=O) groups is 1. The Morgan fingerprint density at radius 2 is 2.50 bits per heavy atom. The molecule has 0 aromatic carbocycles. The fourth-order valence-corrected chi connectivity index (χ4v) is 1.65. The first-order valence-electron chi connectivity index (χ1n) is 4.23. The molecule has 0 aliphatic carbocycles. The van der Waals surface area contributed by atoms with Gasteiger partial charge in [-0.2, -0.15) is 0 Å². The second-order valence-corrected chi connectivity index (χ2v) is 3.63. The average molecular weight is 216 g/mol. The minimum absolute atomic E-state index is 0.0124. The van der Waals surface area contributed by atoms with E-state index in [2.05, 4.69) is 10.3 Å². The van der Waals surface area contributed by atoms with Gasteiger partial charge >= 0.3 is 5.97 Å². The predicted molar refractivity (Wildman–Crippen MR) is 53.9 cm³/mol. The summed E-state index contributed by atoms with van der Waals surface area (Å²) in [4.78, 5) is 14.3. The summed E-state index contributed by atoms with van der Waals surface area (Å²) in [6.45, 7) is 1.94. The molecule has 0 aliphatic rings. The smallest absolute Gasteiger partial charge is 0.355 e. The topological polar surface area (TPSA) is 82.5 Å². The van der Waals surface area contributed by atoms with E-state index in [9.17, 15) is 4.79 Å². The largest absolute Gasteiger partial charge is 0.476 e. The number of nitrogens with zero attached hydrogens (tertiary/aromatic N) is 1. The second kappa shape index (κ2) is 4.92. The van der Waals surface area contributed by atoms with Gasteiger partial charge in [0.1, 0.15) is 0 Å². The number of hydrogen-bond acceptors (Lipinski definition) is 5. The summed E-state index contributed by atoms with van der Waals surface area (Å²) in [6, 6.07) is -0.0669. The van der Waals surface area contributed by atoms with Crippen molar-refractivity contribution >= 4 is 22.4 Å². The number of aliphatic hydroxyl groups is 1. The maximum atomic E-state index is 10.5. The summed E-state index contributed by atoms with van der Waals surface area (Å²) < 4.78 is 0. The normalized spacial score (nSPS) is 12.4. The summed E-state index contributed by atoms with van der Waals surface area (Å²) in [5.74, 6) is -1.04. The van der Waals surface area contributed by atoms with E-state index < -0.39 is 5.97 Å². The van der Waals surface area contributed by atoms with Crippen molar-refractivity contribution in [1.29, 1.82) is 0 Å². The molecule has 0 saturated heterocycles. The van der Waals surface area contributed by atoms with Crippen LogP contribution < -0.4 is 5.32 Å². The molecule has 78 valence electrons. The van der Waals surface area contributed by atoms with Gasteiger partial charge in [0.15, 0.2) is 10.8 Å². The lowest BCUT2D eigenvalue weighted by atomic mass is 10.2. The first-order valence-corrected chi connectivity index (χ1v) is 5.11. The monoisotopic (exact) mass is 216 g/mol. The Morgan fingerprint density at radius 1 is 1.79 bits per heavy atom. The SMILES string of the molecule is CCC(CO)Nc1nc(C(=O)O)cs1. The number of rotatable bonds is 5. The maximum Gasteiger partial charge on any atom is 0.355 e. The molecule has 1 heterocycles. The lowest BCUT2D eigenvalue weighted by molar-refractivity contribution is 0.0691. The molecule has 0 aliphatic heterocycles. The number of carboxylic acids is 1. The third-order valence-corrected chi connectivity index (χ3v) is 2.54. The maximum absolute atomic E-state index is 10.5. The molecule has 0 saturated carbocycles. The van der Waals surface area contributed by atoms with Crippen LogP contribution in [0.15, 0.2) is 5.38 Å². The molecule has 0 bridgehead atoms. The van der Waals surface area contributed by atoms with Crippen LogP contribution in [0.4, 0.5) is 5.13 Å². The van der Waals surface area contributed by atoms with Crippen LogP contribution in [0.25, 0.3) is 0 Å². The molecule has 1 atom stereocenters. The molecular weight excluding hydrogens is 204 g/mol. The Bertz CT molecular complexity index is 309. The molecule has 0 radical (unpaired) electrons. The van der Waals surface area contributed by atoms with Crippen LogP contribution in [0.5, 0.6) is 0 Å². The van der Waals surface area contributed by atoms with Crippen molar-refractivity contribution in [3.8, 4) is 0 Å². The third kappa shape index (κ3) is 2.68. The minimum atomic E-state index is -1.04. The highest BCUT2D eigenvalue weighted by atomic mass is 32.1. The fraction of sp³-hybridized carbons (Fsp3) is 0.500. The molecule has 1 aromatic heterocycles. The van der Waals surface area contributed by atoms with Crippen molar-refractivity contribution < 1.29 is 15.0 Å². The number of aliphatic hydroxyl groups excluding tert-OH is 1. The zero-order chi connectivity index (χ0) is 10.6. The number of carboxylic acid groups (broad SMARTS) is 1. The van der Waals surface area contributed by atoms with Crippen LogP contribution in [0, 0.1) is 0 Å². The molecule has 1 aromatic rings. The molecular formula is C8H12N2O3S. The highest BCUT2D eigenvalue weighted by Crippen LogP contribution is 2.16.